The fourth-order valence-corrected chi connectivity index (χ4v) is 4.79. The fraction of sp³-hybridized carbons (Fsp3) is 0.417. The second-order valence-electron chi connectivity index (χ2n) is 8.85. The molecule has 3 aromatic rings. The van der Waals surface area contributed by atoms with Gasteiger partial charge in [-0.3, -0.25) is 0 Å². The highest BCUT2D eigenvalue weighted by Gasteiger charge is 2.60. The largest absolute Gasteiger partial charge is 0.493 e. The minimum Gasteiger partial charge on any atom is -0.493 e. The molecule has 0 saturated carbocycles. The van der Waals surface area contributed by atoms with Crippen LogP contribution in [-0.2, 0) is 19.0 Å². The van der Waals surface area contributed by atoms with Crippen molar-refractivity contribution in [2.75, 3.05) is 6.61 Å². The van der Waals surface area contributed by atoms with Crippen LogP contribution in [0.5, 0.6) is 5.75 Å². The SMILES string of the molecule is CC(C)C(c1cccc2c1OCC2)C(O)(Cc1cc2cc(C(F)(F)F)ccc2[nH]1)C(F)(F)F. The van der Waals surface area contributed by atoms with Crippen molar-refractivity contribution in [2.24, 2.45) is 5.92 Å². The van der Waals surface area contributed by atoms with E-state index in [0.29, 0.717) is 18.8 Å². The number of nitrogens with one attached hydrogen (secondary N) is 1. The Hall–Kier alpha value is -2.68. The van der Waals surface area contributed by atoms with Crippen molar-refractivity contribution >= 4 is 10.9 Å². The molecular formula is C24H23F6NO2. The molecule has 0 saturated heterocycles. The number of ether oxygens (including phenoxy) is 1. The predicted molar refractivity (Wildman–Crippen MR) is 111 cm³/mol. The number of hydrogen-bond acceptors (Lipinski definition) is 2. The van der Waals surface area contributed by atoms with Crippen LogP contribution in [0, 0.1) is 5.92 Å². The molecule has 0 bridgehead atoms. The molecule has 2 atom stereocenters. The number of aromatic nitrogens is 1. The van der Waals surface area contributed by atoms with Crippen LogP contribution in [0.4, 0.5) is 26.3 Å². The van der Waals surface area contributed by atoms with Crippen molar-refractivity contribution in [1.29, 1.82) is 0 Å². The highest BCUT2D eigenvalue weighted by atomic mass is 19.4. The van der Waals surface area contributed by atoms with Gasteiger partial charge in [0.25, 0.3) is 0 Å². The summed E-state index contributed by atoms with van der Waals surface area (Å²) in [4.78, 5) is 2.74. The fourth-order valence-electron chi connectivity index (χ4n) is 4.79. The lowest BCUT2D eigenvalue weighted by molar-refractivity contribution is -0.272. The number of alkyl halides is 6. The zero-order valence-electron chi connectivity index (χ0n) is 17.9. The third-order valence-corrected chi connectivity index (χ3v) is 6.22. The van der Waals surface area contributed by atoms with Gasteiger partial charge in [-0.25, -0.2) is 0 Å². The molecule has 0 spiro atoms. The van der Waals surface area contributed by atoms with Gasteiger partial charge in [0.2, 0.25) is 0 Å². The van der Waals surface area contributed by atoms with Gasteiger partial charge in [-0.05, 0) is 35.7 Å². The molecule has 1 aliphatic rings. The highest BCUT2D eigenvalue weighted by Crippen LogP contribution is 2.50. The molecule has 33 heavy (non-hydrogen) atoms. The number of fused-ring (bicyclic) bond motifs is 2. The van der Waals surface area contributed by atoms with E-state index in [-0.39, 0.29) is 22.2 Å². The first-order valence-electron chi connectivity index (χ1n) is 10.5. The Bertz CT molecular complexity index is 1160. The van der Waals surface area contributed by atoms with Crippen molar-refractivity contribution < 1.29 is 36.2 Å². The number of aliphatic hydroxyl groups is 1. The molecule has 2 aromatic carbocycles. The van der Waals surface area contributed by atoms with Crippen molar-refractivity contribution in [3.8, 4) is 5.75 Å². The molecule has 2 N–H and O–H groups in total. The smallest absolute Gasteiger partial charge is 0.418 e. The number of hydrogen-bond donors (Lipinski definition) is 2. The Balaban J connectivity index is 1.80. The summed E-state index contributed by atoms with van der Waals surface area (Å²) in [6, 6.07) is 9.10. The Morgan fingerprint density at radius 2 is 1.76 bits per heavy atom. The minimum absolute atomic E-state index is 0.0108. The van der Waals surface area contributed by atoms with Gasteiger partial charge in [0.15, 0.2) is 5.60 Å². The standard InChI is InChI=1S/C24H23F6NO2/c1-13(2)20(18-5-3-4-14-8-9-33-21(14)18)22(32,24(28,29)30)12-17-11-15-10-16(23(25,26)27)6-7-19(15)31-17/h3-7,10-11,13,20,31-32H,8-9,12H2,1-2H3. The van der Waals surface area contributed by atoms with Crippen LogP contribution in [0.2, 0.25) is 0 Å². The van der Waals surface area contributed by atoms with Crippen molar-refractivity contribution in [1.82, 2.24) is 4.98 Å². The molecule has 0 radical (unpaired) electrons. The molecule has 4 rings (SSSR count). The molecule has 9 heteroatoms. The van der Waals surface area contributed by atoms with Crippen LogP contribution in [0.25, 0.3) is 10.9 Å². The number of H-pyrrole nitrogens is 1. The third kappa shape index (κ3) is 4.18. The third-order valence-electron chi connectivity index (χ3n) is 6.22. The Morgan fingerprint density at radius 3 is 2.39 bits per heavy atom. The van der Waals surface area contributed by atoms with Crippen molar-refractivity contribution in [3.63, 3.8) is 0 Å². The van der Waals surface area contributed by atoms with Crippen LogP contribution in [0.15, 0.2) is 42.5 Å². The first-order valence-corrected chi connectivity index (χ1v) is 10.5. The van der Waals surface area contributed by atoms with Crippen LogP contribution in [-0.4, -0.2) is 28.5 Å². The van der Waals surface area contributed by atoms with E-state index in [1.54, 1.807) is 26.0 Å². The van der Waals surface area contributed by atoms with Crippen LogP contribution < -0.4 is 4.74 Å². The summed E-state index contributed by atoms with van der Waals surface area (Å²) in [5.41, 5.74) is -2.78. The number of halogens is 6. The van der Waals surface area contributed by atoms with Gasteiger partial charge in [-0.15, -0.1) is 0 Å². The lowest BCUT2D eigenvalue weighted by Gasteiger charge is -2.40. The molecule has 0 amide bonds. The van der Waals surface area contributed by atoms with Gasteiger partial charge in [0.05, 0.1) is 12.2 Å². The van der Waals surface area contributed by atoms with Crippen molar-refractivity contribution in [3.05, 3.63) is 64.8 Å². The summed E-state index contributed by atoms with van der Waals surface area (Å²) >= 11 is 0. The minimum atomic E-state index is -5.02. The number of benzene rings is 2. The maximum Gasteiger partial charge on any atom is 0.418 e. The second kappa shape index (κ2) is 7.97. The Labute approximate surface area is 186 Å². The predicted octanol–water partition coefficient (Wildman–Crippen LogP) is 6.40. The van der Waals surface area contributed by atoms with E-state index in [0.717, 1.165) is 17.7 Å². The molecule has 2 unspecified atom stereocenters. The van der Waals surface area contributed by atoms with Crippen LogP contribution >= 0.6 is 0 Å². The molecule has 1 aliphatic heterocycles. The lowest BCUT2D eigenvalue weighted by Crippen LogP contribution is -2.53. The molecule has 0 fully saturated rings. The summed E-state index contributed by atoms with van der Waals surface area (Å²) in [6.45, 7) is 3.54. The van der Waals surface area contributed by atoms with E-state index in [9.17, 15) is 31.4 Å². The zero-order chi connectivity index (χ0) is 24.2. The van der Waals surface area contributed by atoms with E-state index >= 15 is 0 Å². The Kier molecular flexibility index (Phi) is 5.67. The summed E-state index contributed by atoms with van der Waals surface area (Å²) in [6.07, 6.45) is -9.87. The van der Waals surface area contributed by atoms with Gasteiger partial charge in [-0.1, -0.05) is 32.0 Å². The highest BCUT2D eigenvalue weighted by molar-refractivity contribution is 5.81. The summed E-state index contributed by atoms with van der Waals surface area (Å²) in [5, 5.41) is 11.4. The normalized spacial score (nSPS) is 17.2. The van der Waals surface area contributed by atoms with E-state index < -0.39 is 41.8 Å². The van der Waals surface area contributed by atoms with Crippen LogP contribution in [0.3, 0.4) is 0 Å². The van der Waals surface area contributed by atoms with Gasteiger partial charge in [0, 0.05) is 40.9 Å². The monoisotopic (exact) mass is 471 g/mol. The van der Waals surface area contributed by atoms with Gasteiger partial charge in [-0.2, -0.15) is 26.3 Å². The maximum atomic E-state index is 14.5. The van der Waals surface area contributed by atoms with Gasteiger partial charge < -0.3 is 14.8 Å². The van der Waals surface area contributed by atoms with E-state index in [4.69, 9.17) is 4.74 Å². The quantitative estimate of drug-likeness (QED) is 0.423. The molecule has 0 aliphatic carbocycles. The number of rotatable bonds is 5. The summed E-state index contributed by atoms with van der Waals surface area (Å²) in [5.74, 6) is -1.61. The average Bonchev–Trinajstić information content (AvgIpc) is 3.32. The number of para-hydroxylation sites is 1. The maximum absolute atomic E-state index is 14.5. The molecule has 3 nitrogen and oxygen atoms in total. The zero-order valence-corrected chi connectivity index (χ0v) is 17.9. The van der Waals surface area contributed by atoms with E-state index in [1.807, 2.05) is 0 Å². The van der Waals surface area contributed by atoms with Crippen LogP contribution in [0.1, 0.15) is 42.1 Å². The van der Waals surface area contributed by atoms with Gasteiger partial charge >= 0.3 is 12.4 Å². The van der Waals surface area contributed by atoms with Crippen molar-refractivity contribution in [2.45, 2.75) is 50.6 Å². The summed E-state index contributed by atoms with van der Waals surface area (Å²) in [7, 11) is 0. The molecular weight excluding hydrogens is 448 g/mol. The summed E-state index contributed by atoms with van der Waals surface area (Å²) < 4.78 is 88.1. The number of aromatic amines is 1. The molecule has 2 heterocycles. The first-order chi connectivity index (χ1) is 15.3. The second-order valence-corrected chi connectivity index (χ2v) is 8.85. The molecule has 1 aromatic heterocycles. The average molecular weight is 471 g/mol. The topological polar surface area (TPSA) is 45.2 Å². The van der Waals surface area contributed by atoms with E-state index in [2.05, 4.69) is 4.98 Å². The van der Waals surface area contributed by atoms with Gasteiger partial charge in [0.1, 0.15) is 5.75 Å². The van der Waals surface area contributed by atoms with E-state index in [1.165, 1.54) is 18.2 Å². The lowest BCUT2D eigenvalue weighted by atomic mass is 9.72. The molecule has 178 valence electrons. The Morgan fingerprint density at radius 1 is 1.03 bits per heavy atom. The first kappa shape index (κ1) is 23.5.